The molecule has 116 valence electrons. The predicted octanol–water partition coefficient (Wildman–Crippen LogP) is 4.18. The van der Waals surface area contributed by atoms with Crippen molar-refractivity contribution in [2.75, 3.05) is 17.6 Å². The number of nitrogens with one attached hydrogen (secondary N) is 2. The average Bonchev–Trinajstić information content (AvgIpc) is 2.88. The van der Waals surface area contributed by atoms with Gasteiger partial charge in [0.25, 0.3) is 5.91 Å². The Balaban J connectivity index is 2.02. The van der Waals surface area contributed by atoms with Crippen LogP contribution in [0, 0.1) is 0 Å². The number of halogens is 1. The Kier molecular flexibility index (Phi) is 6.24. The van der Waals surface area contributed by atoms with E-state index in [1.807, 2.05) is 24.8 Å². The molecule has 0 bridgehead atoms. The Hall–Kier alpha value is -0.870. The second kappa shape index (κ2) is 7.95. The van der Waals surface area contributed by atoms with E-state index >= 15 is 0 Å². The highest BCUT2D eigenvalue weighted by molar-refractivity contribution is 7.99. The van der Waals surface area contributed by atoms with E-state index in [9.17, 15) is 4.79 Å². The van der Waals surface area contributed by atoms with Crippen LogP contribution in [-0.2, 0) is 0 Å². The number of rotatable bonds is 6. The first-order valence-corrected chi connectivity index (χ1v) is 9.02. The van der Waals surface area contributed by atoms with Crippen LogP contribution in [0.15, 0.2) is 18.2 Å². The third-order valence-electron chi connectivity index (χ3n) is 3.72. The van der Waals surface area contributed by atoms with Crippen LogP contribution in [-0.4, -0.2) is 29.5 Å². The van der Waals surface area contributed by atoms with Gasteiger partial charge < -0.3 is 10.6 Å². The number of carbonyl (C=O) groups excluding carboxylic acids is 1. The van der Waals surface area contributed by atoms with Crippen molar-refractivity contribution in [2.24, 2.45) is 0 Å². The van der Waals surface area contributed by atoms with Crippen LogP contribution < -0.4 is 10.6 Å². The lowest BCUT2D eigenvalue weighted by Crippen LogP contribution is -2.33. The van der Waals surface area contributed by atoms with E-state index in [4.69, 9.17) is 11.6 Å². The molecule has 1 aliphatic rings. The smallest absolute Gasteiger partial charge is 0.253 e. The third kappa shape index (κ3) is 4.55. The number of thioether (sulfide) groups is 1. The molecule has 21 heavy (non-hydrogen) atoms. The van der Waals surface area contributed by atoms with E-state index in [1.54, 1.807) is 12.1 Å². The molecular weight excluding hydrogens is 304 g/mol. The van der Waals surface area contributed by atoms with E-state index < -0.39 is 0 Å². The first kappa shape index (κ1) is 16.5. The molecule has 0 aromatic heterocycles. The highest BCUT2D eigenvalue weighted by atomic mass is 35.5. The molecule has 3 nitrogen and oxygen atoms in total. The van der Waals surface area contributed by atoms with E-state index in [-0.39, 0.29) is 11.9 Å². The molecule has 0 aliphatic heterocycles. The Morgan fingerprint density at radius 1 is 1.38 bits per heavy atom. The minimum absolute atomic E-state index is 0.0272. The van der Waals surface area contributed by atoms with Crippen LogP contribution in [0.2, 0.25) is 5.02 Å². The molecule has 1 aliphatic carbocycles. The van der Waals surface area contributed by atoms with Crippen molar-refractivity contribution in [2.45, 2.75) is 44.4 Å². The molecule has 1 amide bonds. The monoisotopic (exact) mass is 326 g/mol. The van der Waals surface area contributed by atoms with Crippen molar-refractivity contribution in [3.05, 3.63) is 28.8 Å². The number of amides is 1. The molecule has 2 atom stereocenters. The fourth-order valence-corrected chi connectivity index (χ4v) is 4.09. The van der Waals surface area contributed by atoms with Gasteiger partial charge in [0.15, 0.2) is 0 Å². The van der Waals surface area contributed by atoms with Gasteiger partial charge in [-0.25, -0.2) is 0 Å². The van der Waals surface area contributed by atoms with Crippen LogP contribution in [0.25, 0.3) is 0 Å². The average molecular weight is 327 g/mol. The first-order chi connectivity index (χ1) is 10.1. The molecule has 5 heteroatoms. The van der Waals surface area contributed by atoms with Gasteiger partial charge in [0, 0.05) is 28.5 Å². The van der Waals surface area contributed by atoms with Crippen molar-refractivity contribution < 1.29 is 4.79 Å². The van der Waals surface area contributed by atoms with Crippen molar-refractivity contribution in [3.63, 3.8) is 0 Å². The summed E-state index contributed by atoms with van der Waals surface area (Å²) in [5.74, 6) is 1.12. The van der Waals surface area contributed by atoms with Gasteiger partial charge in [-0.15, -0.1) is 0 Å². The molecule has 0 saturated heterocycles. The molecule has 1 aromatic rings. The summed E-state index contributed by atoms with van der Waals surface area (Å²) in [6, 6.07) is 5.70. The topological polar surface area (TPSA) is 41.1 Å². The maximum absolute atomic E-state index is 12.5. The SMILES string of the molecule is CCNc1ccc(Cl)cc1C(=O)NC1CCC(SCC)C1. The van der Waals surface area contributed by atoms with Crippen molar-refractivity contribution in [1.82, 2.24) is 5.32 Å². The van der Waals surface area contributed by atoms with Gasteiger partial charge in [-0.3, -0.25) is 4.79 Å². The van der Waals surface area contributed by atoms with Gasteiger partial charge in [0.2, 0.25) is 0 Å². The number of benzene rings is 1. The Bertz CT molecular complexity index is 495. The zero-order valence-corrected chi connectivity index (χ0v) is 14.2. The van der Waals surface area contributed by atoms with Crippen molar-refractivity contribution in [3.8, 4) is 0 Å². The molecule has 2 unspecified atom stereocenters. The highest BCUT2D eigenvalue weighted by Gasteiger charge is 2.26. The van der Waals surface area contributed by atoms with Crippen LogP contribution in [0.1, 0.15) is 43.5 Å². The van der Waals surface area contributed by atoms with E-state index in [0.717, 1.165) is 30.8 Å². The zero-order chi connectivity index (χ0) is 15.2. The van der Waals surface area contributed by atoms with E-state index in [2.05, 4.69) is 17.6 Å². The lowest BCUT2D eigenvalue weighted by molar-refractivity contribution is 0.0939. The van der Waals surface area contributed by atoms with E-state index in [1.165, 1.54) is 6.42 Å². The summed E-state index contributed by atoms with van der Waals surface area (Å²) < 4.78 is 0. The van der Waals surface area contributed by atoms with Gasteiger partial charge in [-0.05, 0) is 50.1 Å². The summed E-state index contributed by atoms with van der Waals surface area (Å²) >= 11 is 8.03. The van der Waals surface area contributed by atoms with Crippen LogP contribution in [0.4, 0.5) is 5.69 Å². The first-order valence-electron chi connectivity index (χ1n) is 7.59. The molecular formula is C16H23ClN2OS. The van der Waals surface area contributed by atoms with Crippen molar-refractivity contribution in [1.29, 1.82) is 0 Å². The highest BCUT2D eigenvalue weighted by Crippen LogP contribution is 2.30. The minimum Gasteiger partial charge on any atom is -0.385 e. The van der Waals surface area contributed by atoms with Crippen LogP contribution in [0.3, 0.4) is 0 Å². The van der Waals surface area contributed by atoms with Crippen LogP contribution in [0.5, 0.6) is 0 Å². The molecule has 1 fully saturated rings. The Labute approximate surface area is 136 Å². The number of hydrogen-bond acceptors (Lipinski definition) is 3. The van der Waals surface area contributed by atoms with Gasteiger partial charge in [-0.1, -0.05) is 18.5 Å². The van der Waals surface area contributed by atoms with Crippen molar-refractivity contribution >= 4 is 35.0 Å². The summed E-state index contributed by atoms with van der Waals surface area (Å²) in [6.07, 6.45) is 3.33. The molecule has 0 spiro atoms. The summed E-state index contributed by atoms with van der Waals surface area (Å²) in [5.41, 5.74) is 1.48. The minimum atomic E-state index is -0.0272. The Morgan fingerprint density at radius 3 is 2.90 bits per heavy atom. The summed E-state index contributed by atoms with van der Waals surface area (Å²) in [4.78, 5) is 12.5. The fourth-order valence-electron chi connectivity index (χ4n) is 2.77. The second-order valence-electron chi connectivity index (χ2n) is 5.28. The molecule has 0 radical (unpaired) electrons. The number of hydrogen-bond donors (Lipinski definition) is 2. The molecule has 2 N–H and O–H groups in total. The summed E-state index contributed by atoms with van der Waals surface area (Å²) in [5, 5.41) is 7.65. The number of carbonyl (C=O) groups is 1. The maximum Gasteiger partial charge on any atom is 0.253 e. The quantitative estimate of drug-likeness (QED) is 0.824. The summed E-state index contributed by atoms with van der Waals surface area (Å²) in [6.45, 7) is 4.98. The fraction of sp³-hybridized carbons (Fsp3) is 0.562. The summed E-state index contributed by atoms with van der Waals surface area (Å²) in [7, 11) is 0. The van der Waals surface area contributed by atoms with E-state index in [0.29, 0.717) is 15.8 Å². The standard InChI is InChI=1S/C16H23ClN2OS/c1-3-18-15-8-5-11(17)9-14(15)16(20)19-12-6-7-13(10-12)21-4-2/h5,8-9,12-13,18H,3-4,6-7,10H2,1-2H3,(H,19,20). The third-order valence-corrected chi connectivity index (χ3v) is 5.18. The maximum atomic E-state index is 12.5. The molecule has 1 aromatic carbocycles. The predicted molar refractivity (Wildman–Crippen MR) is 92.6 cm³/mol. The zero-order valence-electron chi connectivity index (χ0n) is 12.6. The normalized spacial score (nSPS) is 21.3. The van der Waals surface area contributed by atoms with Gasteiger partial charge in [0.1, 0.15) is 0 Å². The van der Waals surface area contributed by atoms with Gasteiger partial charge in [-0.2, -0.15) is 11.8 Å². The number of anilines is 1. The molecule has 2 rings (SSSR count). The molecule has 1 saturated carbocycles. The van der Waals surface area contributed by atoms with Gasteiger partial charge >= 0.3 is 0 Å². The van der Waals surface area contributed by atoms with Crippen LogP contribution >= 0.6 is 23.4 Å². The second-order valence-corrected chi connectivity index (χ2v) is 7.29. The largest absolute Gasteiger partial charge is 0.385 e. The van der Waals surface area contributed by atoms with Gasteiger partial charge in [0.05, 0.1) is 5.56 Å². The molecule has 0 heterocycles. The lowest BCUT2D eigenvalue weighted by Gasteiger charge is -2.16. The lowest BCUT2D eigenvalue weighted by atomic mass is 10.1. The Morgan fingerprint density at radius 2 is 2.19 bits per heavy atom.